The zero-order valence-corrected chi connectivity index (χ0v) is 14.9. The number of imidazole rings is 1. The summed E-state index contributed by atoms with van der Waals surface area (Å²) in [6, 6.07) is 14.2. The Bertz CT molecular complexity index is 848. The van der Waals surface area contributed by atoms with Crippen molar-refractivity contribution in [2.45, 2.75) is 50.5 Å². The third kappa shape index (κ3) is 3.47. The Morgan fingerprint density at radius 1 is 1.08 bits per heavy atom. The third-order valence-corrected chi connectivity index (χ3v) is 5.31. The van der Waals surface area contributed by atoms with Gasteiger partial charge in [-0.25, -0.2) is 9.97 Å². The molecule has 0 spiro atoms. The summed E-state index contributed by atoms with van der Waals surface area (Å²) in [5.74, 6) is 0.899. The van der Waals surface area contributed by atoms with Crippen molar-refractivity contribution in [3.05, 3.63) is 60.0 Å². The number of hydrogen-bond donors (Lipinski definition) is 2. The van der Waals surface area contributed by atoms with Gasteiger partial charge < -0.3 is 10.3 Å². The van der Waals surface area contributed by atoms with E-state index in [0.29, 0.717) is 18.5 Å². The number of aryl methyl sites for hydroxylation is 1. The second kappa shape index (κ2) is 7.28. The number of rotatable bonds is 5. The molecule has 5 nitrogen and oxygen atoms in total. The zero-order valence-electron chi connectivity index (χ0n) is 14.9. The van der Waals surface area contributed by atoms with E-state index in [1.54, 1.807) is 6.20 Å². The Kier molecular flexibility index (Phi) is 4.69. The molecule has 134 valence electrons. The number of aromatic nitrogens is 3. The van der Waals surface area contributed by atoms with Crippen LogP contribution in [0.2, 0.25) is 0 Å². The van der Waals surface area contributed by atoms with E-state index in [-0.39, 0.29) is 11.4 Å². The summed E-state index contributed by atoms with van der Waals surface area (Å²) >= 11 is 0. The molecule has 2 N–H and O–H groups in total. The molecule has 2 heterocycles. The number of benzene rings is 1. The van der Waals surface area contributed by atoms with E-state index < -0.39 is 0 Å². The normalized spacial score (nSPS) is 16.5. The number of aromatic amines is 1. The van der Waals surface area contributed by atoms with E-state index in [9.17, 15) is 4.79 Å². The van der Waals surface area contributed by atoms with Crippen LogP contribution < -0.4 is 5.32 Å². The number of pyridine rings is 1. The van der Waals surface area contributed by atoms with Gasteiger partial charge in [0.25, 0.3) is 0 Å². The van der Waals surface area contributed by atoms with Crippen molar-refractivity contribution >= 4 is 17.1 Å². The number of amides is 1. The number of nitrogens with zero attached hydrogens (tertiary/aromatic N) is 2. The van der Waals surface area contributed by atoms with Crippen LogP contribution >= 0.6 is 0 Å². The summed E-state index contributed by atoms with van der Waals surface area (Å²) in [6.07, 6.45) is 8.33. The minimum atomic E-state index is -0.216. The maximum absolute atomic E-state index is 12.7. The molecule has 0 saturated heterocycles. The predicted molar refractivity (Wildman–Crippen MR) is 102 cm³/mol. The molecular formula is C21H24N4O. The maximum atomic E-state index is 12.7. The molecule has 0 aliphatic heterocycles. The van der Waals surface area contributed by atoms with Crippen LogP contribution in [-0.2, 0) is 16.8 Å². The largest absolute Gasteiger partial charge is 0.347 e. The second-order valence-electron chi connectivity index (χ2n) is 7.12. The first-order valence-corrected chi connectivity index (χ1v) is 9.41. The van der Waals surface area contributed by atoms with E-state index in [4.69, 9.17) is 0 Å². The van der Waals surface area contributed by atoms with Gasteiger partial charge in [0.2, 0.25) is 5.91 Å². The van der Waals surface area contributed by atoms with Crippen LogP contribution in [0.25, 0.3) is 11.2 Å². The molecule has 1 fully saturated rings. The maximum Gasteiger partial charge on any atom is 0.221 e. The molecule has 0 atom stereocenters. The fraction of sp³-hybridized carbons (Fsp3) is 0.381. The number of hydrogen-bond acceptors (Lipinski definition) is 3. The fourth-order valence-electron chi connectivity index (χ4n) is 3.97. The van der Waals surface area contributed by atoms with E-state index in [1.807, 2.05) is 18.2 Å². The van der Waals surface area contributed by atoms with E-state index in [0.717, 1.165) is 37.0 Å². The van der Waals surface area contributed by atoms with E-state index >= 15 is 0 Å². The number of carbonyl (C=O) groups excluding carboxylic acids is 1. The third-order valence-electron chi connectivity index (χ3n) is 5.31. The molecule has 3 aromatic rings. The molecule has 1 aromatic carbocycles. The van der Waals surface area contributed by atoms with Crippen LogP contribution in [0.4, 0.5) is 0 Å². The van der Waals surface area contributed by atoms with Gasteiger partial charge in [-0.15, -0.1) is 0 Å². The van der Waals surface area contributed by atoms with Gasteiger partial charge in [0.15, 0.2) is 5.65 Å². The Morgan fingerprint density at radius 3 is 2.65 bits per heavy atom. The molecule has 2 aromatic heterocycles. The summed E-state index contributed by atoms with van der Waals surface area (Å²) in [5, 5.41) is 3.36. The molecular weight excluding hydrogens is 324 g/mol. The summed E-state index contributed by atoms with van der Waals surface area (Å²) in [7, 11) is 0. The summed E-state index contributed by atoms with van der Waals surface area (Å²) < 4.78 is 0. The molecule has 1 aliphatic carbocycles. The highest BCUT2D eigenvalue weighted by atomic mass is 16.1. The van der Waals surface area contributed by atoms with Crippen LogP contribution in [0, 0.1) is 0 Å². The minimum Gasteiger partial charge on any atom is -0.347 e. The molecule has 1 amide bonds. The van der Waals surface area contributed by atoms with Gasteiger partial charge >= 0.3 is 0 Å². The Hall–Kier alpha value is -2.69. The van der Waals surface area contributed by atoms with Gasteiger partial charge in [0.1, 0.15) is 5.82 Å². The van der Waals surface area contributed by atoms with Crippen molar-refractivity contribution in [3.8, 4) is 0 Å². The van der Waals surface area contributed by atoms with E-state index in [2.05, 4.69) is 44.5 Å². The Morgan fingerprint density at radius 2 is 1.88 bits per heavy atom. The van der Waals surface area contributed by atoms with Gasteiger partial charge in [-0.05, 0) is 30.5 Å². The lowest BCUT2D eigenvalue weighted by atomic mass is 9.76. The van der Waals surface area contributed by atoms with Crippen molar-refractivity contribution in [2.24, 2.45) is 0 Å². The van der Waals surface area contributed by atoms with Crippen LogP contribution in [-0.4, -0.2) is 20.9 Å². The highest BCUT2D eigenvalue weighted by molar-refractivity contribution is 5.77. The number of nitrogens with one attached hydrogen (secondary N) is 2. The lowest BCUT2D eigenvalue weighted by Gasteiger charge is -2.38. The quantitative estimate of drug-likeness (QED) is 0.735. The summed E-state index contributed by atoms with van der Waals surface area (Å²) in [5.41, 5.74) is 2.62. The lowest BCUT2D eigenvalue weighted by molar-refractivity contribution is -0.123. The number of H-pyrrole nitrogens is 1. The highest BCUT2D eigenvalue weighted by Crippen LogP contribution is 2.37. The topological polar surface area (TPSA) is 70.7 Å². The van der Waals surface area contributed by atoms with Gasteiger partial charge in [-0.1, -0.05) is 49.6 Å². The summed E-state index contributed by atoms with van der Waals surface area (Å²) in [4.78, 5) is 24.6. The average molecular weight is 348 g/mol. The van der Waals surface area contributed by atoms with Gasteiger partial charge in [0.05, 0.1) is 11.1 Å². The van der Waals surface area contributed by atoms with Crippen LogP contribution in [0.15, 0.2) is 48.7 Å². The molecule has 0 bridgehead atoms. The predicted octanol–water partition coefficient (Wildman–Crippen LogP) is 3.87. The van der Waals surface area contributed by atoms with Crippen molar-refractivity contribution < 1.29 is 4.79 Å². The molecule has 0 unspecified atom stereocenters. The molecule has 1 saturated carbocycles. The minimum absolute atomic E-state index is 0.0872. The number of carbonyl (C=O) groups is 1. The van der Waals surface area contributed by atoms with Crippen LogP contribution in [0.5, 0.6) is 0 Å². The molecule has 26 heavy (non-hydrogen) atoms. The number of fused-ring (bicyclic) bond motifs is 1. The molecule has 1 aliphatic rings. The van der Waals surface area contributed by atoms with Crippen molar-refractivity contribution in [1.29, 1.82) is 0 Å². The first-order valence-electron chi connectivity index (χ1n) is 9.41. The smallest absolute Gasteiger partial charge is 0.221 e. The SMILES string of the molecule is O=C(CCc1nc2ncccc2[nH]1)NC1(c2ccccc2)CCCCC1. The van der Waals surface area contributed by atoms with Crippen molar-refractivity contribution in [2.75, 3.05) is 0 Å². The van der Waals surface area contributed by atoms with Gasteiger partial charge in [-0.2, -0.15) is 0 Å². The fourth-order valence-corrected chi connectivity index (χ4v) is 3.97. The van der Waals surface area contributed by atoms with Gasteiger partial charge in [-0.3, -0.25) is 4.79 Å². The van der Waals surface area contributed by atoms with Crippen LogP contribution in [0.3, 0.4) is 0 Å². The first-order chi connectivity index (χ1) is 12.8. The Balaban J connectivity index is 1.45. The molecule has 0 radical (unpaired) electrons. The standard InChI is InChI=1S/C21H24N4O/c26-19(12-11-18-23-17-10-7-15-22-20(17)24-18)25-21(13-5-2-6-14-21)16-8-3-1-4-9-16/h1,3-4,7-10,15H,2,5-6,11-14H2,(H,25,26)(H,22,23,24). The lowest BCUT2D eigenvalue weighted by Crippen LogP contribution is -2.47. The molecule has 4 rings (SSSR count). The molecule has 5 heteroatoms. The Labute approximate surface area is 153 Å². The monoisotopic (exact) mass is 348 g/mol. The van der Waals surface area contributed by atoms with E-state index in [1.165, 1.54) is 12.0 Å². The second-order valence-corrected chi connectivity index (χ2v) is 7.12. The average Bonchev–Trinajstić information content (AvgIpc) is 3.11. The first kappa shape index (κ1) is 16.8. The van der Waals surface area contributed by atoms with Crippen LogP contribution in [0.1, 0.15) is 49.9 Å². The zero-order chi connectivity index (χ0) is 17.8. The van der Waals surface area contributed by atoms with Crippen molar-refractivity contribution in [3.63, 3.8) is 0 Å². The highest BCUT2D eigenvalue weighted by Gasteiger charge is 2.35. The van der Waals surface area contributed by atoms with Gasteiger partial charge in [0, 0.05) is 19.0 Å². The van der Waals surface area contributed by atoms with Crippen molar-refractivity contribution in [1.82, 2.24) is 20.3 Å². The summed E-state index contributed by atoms with van der Waals surface area (Å²) in [6.45, 7) is 0.